The molecule has 0 aliphatic heterocycles. The third-order valence-corrected chi connectivity index (χ3v) is 2.53. The number of allylic oxidation sites excluding steroid dienone is 3. The monoisotopic (exact) mass is 243 g/mol. The Labute approximate surface area is 109 Å². The maximum Gasteiger partial charge on any atom is 0.217 e. The fourth-order valence-electron chi connectivity index (χ4n) is 1.59. The van der Waals surface area contributed by atoms with Crippen LogP contribution in [-0.4, -0.2) is 12.5 Å². The van der Waals surface area contributed by atoms with E-state index in [1.54, 1.807) is 0 Å². The molecule has 0 saturated heterocycles. The molecule has 1 aromatic rings. The van der Waals surface area contributed by atoms with E-state index in [-0.39, 0.29) is 5.91 Å². The zero-order chi connectivity index (χ0) is 13.1. The van der Waals surface area contributed by atoms with Gasteiger partial charge in [0.1, 0.15) is 0 Å². The number of carbonyl (C=O) groups excluding carboxylic acids is 1. The summed E-state index contributed by atoms with van der Waals surface area (Å²) in [5.41, 5.74) is 1.40. The zero-order valence-electron chi connectivity index (χ0n) is 10.9. The van der Waals surface area contributed by atoms with Crippen molar-refractivity contribution in [1.82, 2.24) is 5.32 Å². The van der Waals surface area contributed by atoms with Crippen LogP contribution in [0.25, 0.3) is 0 Å². The zero-order valence-corrected chi connectivity index (χ0v) is 10.9. The predicted octanol–water partition coefficient (Wildman–Crippen LogP) is 3.26. The average molecular weight is 243 g/mol. The number of benzene rings is 1. The number of carbonyl (C=O) groups is 1. The van der Waals surface area contributed by atoms with Crippen LogP contribution < -0.4 is 5.32 Å². The lowest BCUT2D eigenvalue weighted by Gasteiger charge is -1.97. The molecule has 0 fully saturated rings. The van der Waals surface area contributed by atoms with Gasteiger partial charge in [-0.25, -0.2) is 0 Å². The second-order valence-electron chi connectivity index (χ2n) is 4.17. The average Bonchev–Trinajstić information content (AvgIpc) is 2.37. The molecule has 2 nitrogen and oxygen atoms in total. The smallest absolute Gasteiger partial charge is 0.217 e. The second kappa shape index (κ2) is 9.23. The Kier molecular flexibility index (Phi) is 7.29. The van der Waals surface area contributed by atoms with Crippen molar-refractivity contribution in [3.63, 3.8) is 0 Å². The highest BCUT2D eigenvalue weighted by molar-refractivity contribution is 5.72. The van der Waals surface area contributed by atoms with Crippen LogP contribution in [-0.2, 0) is 11.2 Å². The molecular formula is C16H21NO. The molecular weight excluding hydrogens is 222 g/mol. The van der Waals surface area contributed by atoms with E-state index in [9.17, 15) is 4.79 Å². The van der Waals surface area contributed by atoms with Crippen LogP contribution in [0.1, 0.15) is 25.3 Å². The van der Waals surface area contributed by atoms with E-state index in [0.29, 0.717) is 6.54 Å². The van der Waals surface area contributed by atoms with E-state index in [1.165, 1.54) is 18.9 Å². The highest BCUT2D eigenvalue weighted by Gasteiger charge is 1.89. The van der Waals surface area contributed by atoms with Crippen LogP contribution in [0.3, 0.4) is 0 Å². The summed E-state index contributed by atoms with van der Waals surface area (Å²) in [5, 5.41) is 2.71. The van der Waals surface area contributed by atoms with Crippen molar-refractivity contribution in [3.05, 3.63) is 60.2 Å². The number of unbranched alkanes of at least 4 members (excludes halogenated alkanes) is 1. The Hall–Kier alpha value is -1.83. The van der Waals surface area contributed by atoms with Gasteiger partial charge in [0.2, 0.25) is 5.91 Å². The Bertz CT molecular complexity index is 393. The van der Waals surface area contributed by atoms with E-state index in [4.69, 9.17) is 0 Å². The summed E-state index contributed by atoms with van der Waals surface area (Å²) in [4.78, 5) is 10.6. The lowest BCUT2D eigenvalue weighted by molar-refractivity contribution is -0.118. The summed E-state index contributed by atoms with van der Waals surface area (Å²) < 4.78 is 0. The minimum absolute atomic E-state index is 0.00601. The molecule has 1 N–H and O–H groups in total. The fourth-order valence-corrected chi connectivity index (χ4v) is 1.59. The van der Waals surface area contributed by atoms with Gasteiger partial charge in [0.25, 0.3) is 0 Å². The van der Waals surface area contributed by atoms with Gasteiger partial charge in [0, 0.05) is 13.5 Å². The molecule has 0 saturated carbocycles. The largest absolute Gasteiger partial charge is 0.353 e. The molecule has 2 heteroatoms. The van der Waals surface area contributed by atoms with Gasteiger partial charge in [-0.05, 0) is 24.8 Å². The van der Waals surface area contributed by atoms with Gasteiger partial charge in [-0.3, -0.25) is 4.79 Å². The summed E-state index contributed by atoms with van der Waals surface area (Å²) in [5.74, 6) is 0.00601. The van der Waals surface area contributed by atoms with E-state index in [0.717, 1.165) is 12.8 Å². The molecule has 0 radical (unpaired) electrons. The summed E-state index contributed by atoms with van der Waals surface area (Å²) in [6.07, 6.45) is 11.5. The SMILES string of the molecule is CC(=O)NCC=CC=CCCCc1ccccc1. The number of amides is 1. The first-order chi connectivity index (χ1) is 8.79. The first-order valence-corrected chi connectivity index (χ1v) is 6.39. The second-order valence-corrected chi connectivity index (χ2v) is 4.17. The number of rotatable bonds is 7. The van der Waals surface area contributed by atoms with Gasteiger partial charge >= 0.3 is 0 Å². The Morgan fingerprint density at radius 1 is 1.17 bits per heavy atom. The lowest BCUT2D eigenvalue weighted by Crippen LogP contribution is -2.19. The molecule has 0 spiro atoms. The van der Waals surface area contributed by atoms with Crippen molar-refractivity contribution in [2.75, 3.05) is 6.54 Å². The van der Waals surface area contributed by atoms with Gasteiger partial charge in [0.05, 0.1) is 0 Å². The molecule has 18 heavy (non-hydrogen) atoms. The molecule has 0 aromatic heterocycles. The Morgan fingerprint density at radius 2 is 1.89 bits per heavy atom. The van der Waals surface area contributed by atoms with Crippen LogP contribution >= 0.6 is 0 Å². The van der Waals surface area contributed by atoms with Crippen molar-refractivity contribution >= 4 is 5.91 Å². The van der Waals surface area contributed by atoms with E-state index >= 15 is 0 Å². The number of aryl methyl sites for hydroxylation is 1. The normalized spacial score (nSPS) is 11.2. The molecule has 1 amide bonds. The standard InChI is InChI=1S/C16H21NO/c1-15(18)17-14-10-5-3-2-4-7-11-16-12-8-6-9-13-16/h2-3,5-6,8-10,12-13H,4,7,11,14H2,1H3,(H,17,18). The first-order valence-electron chi connectivity index (χ1n) is 6.39. The molecule has 1 rings (SSSR count). The van der Waals surface area contributed by atoms with Crippen LogP contribution in [0.2, 0.25) is 0 Å². The van der Waals surface area contributed by atoms with Gasteiger partial charge in [0.15, 0.2) is 0 Å². The van der Waals surface area contributed by atoms with Crippen molar-refractivity contribution in [3.8, 4) is 0 Å². The Morgan fingerprint density at radius 3 is 2.61 bits per heavy atom. The molecule has 0 atom stereocenters. The Balaban J connectivity index is 2.05. The molecule has 0 aliphatic carbocycles. The molecule has 1 aromatic carbocycles. The van der Waals surface area contributed by atoms with Gasteiger partial charge in [-0.2, -0.15) is 0 Å². The summed E-state index contributed by atoms with van der Waals surface area (Å²) in [7, 11) is 0. The maximum atomic E-state index is 10.6. The minimum atomic E-state index is 0.00601. The molecule has 0 bridgehead atoms. The molecule has 0 unspecified atom stereocenters. The van der Waals surface area contributed by atoms with Crippen LogP contribution in [0.15, 0.2) is 54.6 Å². The molecule has 0 heterocycles. The minimum Gasteiger partial charge on any atom is -0.353 e. The van der Waals surface area contributed by atoms with Gasteiger partial charge < -0.3 is 5.32 Å². The number of hydrogen-bond acceptors (Lipinski definition) is 1. The number of hydrogen-bond donors (Lipinski definition) is 1. The lowest BCUT2D eigenvalue weighted by atomic mass is 10.1. The maximum absolute atomic E-state index is 10.6. The third kappa shape index (κ3) is 7.44. The summed E-state index contributed by atoms with van der Waals surface area (Å²) in [6.45, 7) is 2.12. The predicted molar refractivity (Wildman–Crippen MR) is 76.3 cm³/mol. The highest BCUT2D eigenvalue weighted by atomic mass is 16.1. The summed E-state index contributed by atoms with van der Waals surface area (Å²) >= 11 is 0. The topological polar surface area (TPSA) is 29.1 Å². The van der Waals surface area contributed by atoms with E-state index in [1.807, 2.05) is 24.3 Å². The number of nitrogens with one attached hydrogen (secondary N) is 1. The quantitative estimate of drug-likeness (QED) is 0.578. The van der Waals surface area contributed by atoms with Gasteiger partial charge in [-0.1, -0.05) is 54.6 Å². The van der Waals surface area contributed by atoms with E-state index < -0.39 is 0 Å². The third-order valence-electron chi connectivity index (χ3n) is 2.53. The first kappa shape index (κ1) is 14.2. The highest BCUT2D eigenvalue weighted by Crippen LogP contribution is 2.04. The fraction of sp³-hybridized carbons (Fsp3) is 0.312. The van der Waals surface area contributed by atoms with Crippen LogP contribution in [0.4, 0.5) is 0 Å². The van der Waals surface area contributed by atoms with Crippen LogP contribution in [0.5, 0.6) is 0 Å². The van der Waals surface area contributed by atoms with E-state index in [2.05, 4.69) is 35.7 Å². The summed E-state index contributed by atoms with van der Waals surface area (Å²) in [6, 6.07) is 10.5. The van der Waals surface area contributed by atoms with Gasteiger partial charge in [-0.15, -0.1) is 0 Å². The van der Waals surface area contributed by atoms with Crippen molar-refractivity contribution in [1.29, 1.82) is 0 Å². The van der Waals surface area contributed by atoms with Crippen molar-refractivity contribution in [2.24, 2.45) is 0 Å². The molecule has 0 aliphatic rings. The van der Waals surface area contributed by atoms with Crippen molar-refractivity contribution < 1.29 is 4.79 Å². The van der Waals surface area contributed by atoms with Crippen LogP contribution in [0, 0.1) is 0 Å². The molecule has 96 valence electrons. The van der Waals surface area contributed by atoms with Crippen molar-refractivity contribution in [2.45, 2.75) is 26.2 Å².